The standard InChI is InChI=1S/C13H18N4O/c1-18-9-8-17-13(5-7-16-17)12(14)10-11-4-2-3-6-15-11/h2-7,12H,8-10,14H2,1H3. The van der Waals surface area contributed by atoms with Crippen molar-refractivity contribution in [2.75, 3.05) is 13.7 Å². The molecular weight excluding hydrogens is 228 g/mol. The van der Waals surface area contributed by atoms with E-state index in [4.69, 9.17) is 10.5 Å². The number of hydrogen-bond donors (Lipinski definition) is 1. The first-order valence-corrected chi connectivity index (χ1v) is 5.97. The second-order valence-electron chi connectivity index (χ2n) is 4.10. The van der Waals surface area contributed by atoms with Crippen molar-refractivity contribution < 1.29 is 4.74 Å². The van der Waals surface area contributed by atoms with Crippen molar-refractivity contribution in [3.8, 4) is 0 Å². The molecule has 0 fully saturated rings. The molecule has 0 amide bonds. The smallest absolute Gasteiger partial charge is 0.0659 e. The van der Waals surface area contributed by atoms with E-state index < -0.39 is 0 Å². The van der Waals surface area contributed by atoms with E-state index in [1.807, 2.05) is 28.9 Å². The number of nitrogens with two attached hydrogens (primary N) is 1. The molecule has 0 saturated carbocycles. The summed E-state index contributed by atoms with van der Waals surface area (Å²) in [6, 6.07) is 7.70. The van der Waals surface area contributed by atoms with Gasteiger partial charge in [-0.05, 0) is 18.2 Å². The van der Waals surface area contributed by atoms with Gasteiger partial charge in [0.15, 0.2) is 0 Å². The van der Waals surface area contributed by atoms with Crippen LogP contribution in [0.1, 0.15) is 17.4 Å². The molecular formula is C13H18N4O. The Labute approximate surface area is 107 Å². The van der Waals surface area contributed by atoms with Crippen LogP contribution in [-0.4, -0.2) is 28.5 Å². The maximum Gasteiger partial charge on any atom is 0.0659 e. The van der Waals surface area contributed by atoms with Crippen molar-refractivity contribution in [3.63, 3.8) is 0 Å². The quantitative estimate of drug-likeness (QED) is 0.830. The molecule has 2 rings (SSSR count). The Morgan fingerprint density at radius 1 is 1.33 bits per heavy atom. The molecule has 2 aromatic rings. The third kappa shape index (κ3) is 3.15. The van der Waals surface area contributed by atoms with Crippen LogP contribution in [0.25, 0.3) is 0 Å². The third-order valence-electron chi connectivity index (χ3n) is 2.79. The number of ether oxygens (including phenoxy) is 1. The molecule has 0 radical (unpaired) electrons. The number of nitrogens with zero attached hydrogens (tertiary/aromatic N) is 3. The number of aromatic nitrogens is 3. The summed E-state index contributed by atoms with van der Waals surface area (Å²) in [5.41, 5.74) is 8.20. The van der Waals surface area contributed by atoms with Crippen LogP contribution in [-0.2, 0) is 17.7 Å². The summed E-state index contributed by atoms with van der Waals surface area (Å²) < 4.78 is 6.94. The van der Waals surface area contributed by atoms with Gasteiger partial charge in [0.1, 0.15) is 0 Å². The van der Waals surface area contributed by atoms with Crippen LogP contribution in [0.5, 0.6) is 0 Å². The van der Waals surface area contributed by atoms with Crippen molar-refractivity contribution in [1.29, 1.82) is 0 Å². The summed E-state index contributed by atoms with van der Waals surface area (Å²) in [6.45, 7) is 1.35. The average molecular weight is 246 g/mol. The van der Waals surface area contributed by atoms with Gasteiger partial charge in [0.2, 0.25) is 0 Å². The SMILES string of the molecule is COCCn1nccc1C(N)Cc1ccccn1. The highest BCUT2D eigenvalue weighted by molar-refractivity contribution is 5.12. The lowest BCUT2D eigenvalue weighted by Gasteiger charge is -2.13. The molecule has 2 N–H and O–H groups in total. The fourth-order valence-electron chi connectivity index (χ4n) is 1.87. The number of hydrogen-bond acceptors (Lipinski definition) is 4. The average Bonchev–Trinajstić information content (AvgIpc) is 2.86. The van der Waals surface area contributed by atoms with Crippen LogP contribution in [0.3, 0.4) is 0 Å². The Kier molecular flexibility index (Phi) is 4.44. The van der Waals surface area contributed by atoms with Crippen LogP contribution in [0.15, 0.2) is 36.7 Å². The Hall–Kier alpha value is -1.72. The highest BCUT2D eigenvalue weighted by Crippen LogP contribution is 2.14. The first kappa shape index (κ1) is 12.7. The van der Waals surface area contributed by atoms with Gasteiger partial charge in [0, 0.05) is 31.6 Å². The van der Waals surface area contributed by atoms with Crippen molar-refractivity contribution in [3.05, 3.63) is 48.0 Å². The van der Waals surface area contributed by atoms with Gasteiger partial charge in [-0.1, -0.05) is 6.07 Å². The van der Waals surface area contributed by atoms with Gasteiger partial charge in [-0.15, -0.1) is 0 Å². The molecule has 0 aliphatic heterocycles. The monoisotopic (exact) mass is 246 g/mol. The first-order chi connectivity index (χ1) is 8.81. The van der Waals surface area contributed by atoms with Crippen LogP contribution in [0.2, 0.25) is 0 Å². The minimum Gasteiger partial charge on any atom is -0.383 e. The van der Waals surface area contributed by atoms with Crippen molar-refractivity contribution in [1.82, 2.24) is 14.8 Å². The number of rotatable bonds is 6. The minimum atomic E-state index is -0.0979. The summed E-state index contributed by atoms with van der Waals surface area (Å²) in [5, 5.41) is 4.25. The van der Waals surface area contributed by atoms with E-state index in [1.54, 1.807) is 19.5 Å². The molecule has 0 saturated heterocycles. The van der Waals surface area contributed by atoms with Gasteiger partial charge in [0.25, 0.3) is 0 Å². The van der Waals surface area contributed by atoms with E-state index in [9.17, 15) is 0 Å². The molecule has 0 spiro atoms. The largest absolute Gasteiger partial charge is 0.383 e. The van der Waals surface area contributed by atoms with Gasteiger partial charge in [0.05, 0.1) is 24.9 Å². The summed E-state index contributed by atoms with van der Waals surface area (Å²) in [7, 11) is 1.68. The van der Waals surface area contributed by atoms with Crippen LogP contribution >= 0.6 is 0 Å². The molecule has 1 unspecified atom stereocenters. The second kappa shape index (κ2) is 6.28. The molecule has 0 aromatic carbocycles. The fraction of sp³-hybridized carbons (Fsp3) is 0.385. The summed E-state index contributed by atoms with van der Waals surface area (Å²) in [5.74, 6) is 0. The maximum absolute atomic E-state index is 6.20. The van der Waals surface area contributed by atoms with E-state index in [2.05, 4.69) is 10.1 Å². The molecule has 2 heterocycles. The van der Waals surface area contributed by atoms with Crippen LogP contribution in [0.4, 0.5) is 0 Å². The minimum absolute atomic E-state index is 0.0979. The lowest BCUT2D eigenvalue weighted by atomic mass is 10.1. The number of pyridine rings is 1. The van der Waals surface area contributed by atoms with Crippen LogP contribution < -0.4 is 5.73 Å². The highest BCUT2D eigenvalue weighted by atomic mass is 16.5. The Bertz CT molecular complexity index is 469. The molecule has 0 aliphatic rings. The van der Waals surface area contributed by atoms with Gasteiger partial charge in [-0.3, -0.25) is 9.67 Å². The molecule has 0 bridgehead atoms. The molecule has 18 heavy (non-hydrogen) atoms. The third-order valence-corrected chi connectivity index (χ3v) is 2.79. The lowest BCUT2D eigenvalue weighted by molar-refractivity contribution is 0.182. The summed E-state index contributed by atoms with van der Waals surface area (Å²) >= 11 is 0. The summed E-state index contributed by atoms with van der Waals surface area (Å²) in [4.78, 5) is 4.29. The summed E-state index contributed by atoms with van der Waals surface area (Å²) in [6.07, 6.45) is 4.26. The van der Waals surface area contributed by atoms with Gasteiger partial charge in [-0.25, -0.2) is 0 Å². The second-order valence-corrected chi connectivity index (χ2v) is 4.10. The maximum atomic E-state index is 6.20. The van der Waals surface area contributed by atoms with E-state index in [0.717, 1.165) is 17.9 Å². The van der Waals surface area contributed by atoms with E-state index >= 15 is 0 Å². The fourth-order valence-corrected chi connectivity index (χ4v) is 1.87. The molecule has 2 aromatic heterocycles. The van der Waals surface area contributed by atoms with E-state index in [0.29, 0.717) is 13.0 Å². The highest BCUT2D eigenvalue weighted by Gasteiger charge is 2.12. The predicted molar refractivity (Wildman–Crippen MR) is 69.0 cm³/mol. The zero-order valence-corrected chi connectivity index (χ0v) is 10.5. The molecule has 5 nitrogen and oxygen atoms in total. The van der Waals surface area contributed by atoms with Crippen LogP contribution in [0, 0.1) is 0 Å². The first-order valence-electron chi connectivity index (χ1n) is 5.97. The molecule has 96 valence electrons. The van der Waals surface area contributed by atoms with E-state index in [1.165, 1.54) is 0 Å². The Morgan fingerprint density at radius 3 is 2.94 bits per heavy atom. The van der Waals surface area contributed by atoms with Gasteiger partial charge in [-0.2, -0.15) is 5.10 Å². The normalized spacial score (nSPS) is 12.6. The Morgan fingerprint density at radius 2 is 2.22 bits per heavy atom. The van der Waals surface area contributed by atoms with Crippen molar-refractivity contribution >= 4 is 0 Å². The zero-order valence-electron chi connectivity index (χ0n) is 10.5. The van der Waals surface area contributed by atoms with Crippen molar-refractivity contribution in [2.45, 2.75) is 19.0 Å². The van der Waals surface area contributed by atoms with Gasteiger partial charge < -0.3 is 10.5 Å². The lowest BCUT2D eigenvalue weighted by Crippen LogP contribution is -2.20. The molecule has 0 aliphatic carbocycles. The van der Waals surface area contributed by atoms with Crippen molar-refractivity contribution in [2.24, 2.45) is 5.73 Å². The van der Waals surface area contributed by atoms with E-state index in [-0.39, 0.29) is 6.04 Å². The topological polar surface area (TPSA) is 66.0 Å². The molecule has 5 heteroatoms. The zero-order chi connectivity index (χ0) is 12.8. The predicted octanol–water partition coefficient (Wildman–Crippen LogP) is 1.17. The Balaban J connectivity index is 2.04. The van der Waals surface area contributed by atoms with Gasteiger partial charge >= 0.3 is 0 Å². The number of methoxy groups -OCH3 is 1. The molecule has 1 atom stereocenters.